The third-order valence-electron chi connectivity index (χ3n) is 4.66. The van der Waals surface area contributed by atoms with Crippen LogP contribution in [-0.4, -0.2) is 26.6 Å². The zero-order chi connectivity index (χ0) is 18.2. The lowest BCUT2D eigenvalue weighted by molar-refractivity contribution is -0.121. The number of nitrogens with one attached hydrogen (secondary N) is 1. The number of benzene rings is 3. The lowest BCUT2D eigenvalue weighted by Gasteiger charge is -2.04. The predicted molar refractivity (Wildman–Crippen MR) is 103 cm³/mol. The van der Waals surface area contributed by atoms with Crippen molar-refractivity contribution in [3.05, 3.63) is 83.9 Å². The van der Waals surface area contributed by atoms with E-state index in [0.29, 0.717) is 0 Å². The zero-order valence-electron chi connectivity index (χ0n) is 14.3. The largest absolute Gasteiger partial charge is 0.271 e. The highest BCUT2D eigenvalue weighted by Gasteiger charge is 2.24. The van der Waals surface area contributed by atoms with E-state index in [0.717, 1.165) is 39.0 Å². The Kier molecular flexibility index (Phi) is 3.53. The molecule has 0 saturated carbocycles. The molecule has 5 rings (SSSR count). The van der Waals surface area contributed by atoms with E-state index in [-0.39, 0.29) is 12.5 Å². The number of carbonyl (C=O) groups is 1. The van der Waals surface area contributed by atoms with Crippen molar-refractivity contribution >= 4 is 22.7 Å². The Morgan fingerprint density at radius 1 is 0.852 bits per heavy atom. The van der Waals surface area contributed by atoms with Crippen LogP contribution in [0.2, 0.25) is 0 Å². The summed E-state index contributed by atoms with van der Waals surface area (Å²) in [7, 11) is 0. The fraction of sp³-hybridized carbons (Fsp3) is 0.0476. The average molecular weight is 353 g/mol. The van der Waals surface area contributed by atoms with Crippen LogP contribution < -0.4 is 5.43 Å². The molecule has 0 bridgehead atoms. The predicted octanol–water partition coefficient (Wildman–Crippen LogP) is 2.98. The topological polar surface area (TPSA) is 72.2 Å². The van der Waals surface area contributed by atoms with Crippen LogP contribution >= 0.6 is 0 Å². The molecule has 0 spiro atoms. The lowest BCUT2D eigenvalue weighted by Crippen LogP contribution is -2.25. The van der Waals surface area contributed by atoms with Crippen molar-refractivity contribution in [2.24, 2.45) is 5.10 Å². The molecule has 0 aliphatic heterocycles. The van der Waals surface area contributed by atoms with Crippen molar-refractivity contribution in [2.75, 3.05) is 0 Å². The van der Waals surface area contributed by atoms with E-state index >= 15 is 0 Å². The van der Waals surface area contributed by atoms with Gasteiger partial charge in [0.15, 0.2) is 0 Å². The highest BCUT2D eigenvalue weighted by Crippen LogP contribution is 2.36. The van der Waals surface area contributed by atoms with Gasteiger partial charge in [-0.05, 0) is 23.3 Å². The van der Waals surface area contributed by atoms with E-state index in [2.05, 4.69) is 33.0 Å². The summed E-state index contributed by atoms with van der Waals surface area (Å²) in [6, 6.07) is 23.7. The van der Waals surface area contributed by atoms with Crippen LogP contribution in [0, 0.1) is 0 Å². The first kappa shape index (κ1) is 15.5. The summed E-state index contributed by atoms with van der Waals surface area (Å²) < 4.78 is 1.57. The van der Waals surface area contributed by atoms with Gasteiger partial charge in [-0.25, -0.2) is 10.1 Å². The number of aromatic nitrogens is 3. The Balaban J connectivity index is 1.43. The molecule has 0 saturated heterocycles. The highest BCUT2D eigenvalue weighted by atomic mass is 16.2. The fourth-order valence-corrected chi connectivity index (χ4v) is 3.44. The molecule has 1 N–H and O–H groups in total. The summed E-state index contributed by atoms with van der Waals surface area (Å²) in [6.07, 6.45) is 0. The Morgan fingerprint density at radius 3 is 2.15 bits per heavy atom. The molecule has 1 heterocycles. The van der Waals surface area contributed by atoms with Crippen LogP contribution in [0.25, 0.3) is 22.2 Å². The van der Waals surface area contributed by atoms with E-state index in [4.69, 9.17) is 0 Å². The van der Waals surface area contributed by atoms with Gasteiger partial charge in [-0.1, -0.05) is 65.9 Å². The van der Waals surface area contributed by atoms with Gasteiger partial charge in [0.2, 0.25) is 0 Å². The van der Waals surface area contributed by atoms with Crippen molar-refractivity contribution < 1.29 is 4.79 Å². The first-order chi connectivity index (χ1) is 13.3. The van der Waals surface area contributed by atoms with Crippen LogP contribution in [0.15, 0.2) is 77.9 Å². The van der Waals surface area contributed by atoms with Crippen molar-refractivity contribution in [3.8, 4) is 11.1 Å². The summed E-state index contributed by atoms with van der Waals surface area (Å²) in [6.45, 7) is 0.0561. The second-order valence-corrected chi connectivity index (χ2v) is 6.32. The normalized spacial score (nSPS) is 11.9. The number of rotatable bonds is 3. The number of para-hydroxylation sites is 1. The molecule has 6 nitrogen and oxygen atoms in total. The Labute approximate surface area is 155 Å². The summed E-state index contributed by atoms with van der Waals surface area (Å²) >= 11 is 0. The number of hydrazone groups is 1. The van der Waals surface area contributed by atoms with E-state index in [1.807, 2.05) is 60.7 Å². The van der Waals surface area contributed by atoms with Crippen LogP contribution in [0.3, 0.4) is 0 Å². The molecule has 1 aliphatic carbocycles. The van der Waals surface area contributed by atoms with Gasteiger partial charge in [0.05, 0.1) is 11.2 Å². The maximum atomic E-state index is 12.4. The lowest BCUT2D eigenvalue weighted by atomic mass is 10.1. The quantitative estimate of drug-likeness (QED) is 0.507. The van der Waals surface area contributed by atoms with Gasteiger partial charge in [0.25, 0.3) is 5.91 Å². The number of hydrogen-bond donors (Lipinski definition) is 1. The second kappa shape index (κ2) is 6.17. The highest BCUT2D eigenvalue weighted by molar-refractivity contribution is 6.24. The van der Waals surface area contributed by atoms with Gasteiger partial charge in [-0.2, -0.15) is 5.10 Å². The maximum Gasteiger partial charge on any atom is 0.261 e. The molecule has 6 heteroatoms. The molecule has 0 atom stereocenters. The average Bonchev–Trinajstić information content (AvgIpc) is 3.26. The molecule has 0 radical (unpaired) electrons. The summed E-state index contributed by atoms with van der Waals surface area (Å²) in [5.74, 6) is -0.250. The van der Waals surface area contributed by atoms with Gasteiger partial charge in [0, 0.05) is 11.1 Å². The smallest absolute Gasteiger partial charge is 0.261 e. The zero-order valence-corrected chi connectivity index (χ0v) is 14.3. The molecule has 130 valence electrons. The molecule has 1 aliphatic rings. The van der Waals surface area contributed by atoms with E-state index < -0.39 is 0 Å². The van der Waals surface area contributed by atoms with E-state index in [1.54, 1.807) is 4.68 Å². The monoisotopic (exact) mass is 353 g/mol. The van der Waals surface area contributed by atoms with Crippen molar-refractivity contribution in [1.29, 1.82) is 0 Å². The van der Waals surface area contributed by atoms with Crippen LogP contribution in [0.1, 0.15) is 11.1 Å². The van der Waals surface area contributed by atoms with E-state index in [9.17, 15) is 4.79 Å². The Bertz CT molecular complexity index is 1160. The van der Waals surface area contributed by atoms with E-state index in [1.165, 1.54) is 0 Å². The molecule has 27 heavy (non-hydrogen) atoms. The fourth-order valence-electron chi connectivity index (χ4n) is 3.44. The first-order valence-electron chi connectivity index (χ1n) is 8.65. The number of carbonyl (C=O) groups excluding carboxylic acids is 1. The van der Waals surface area contributed by atoms with Gasteiger partial charge < -0.3 is 0 Å². The van der Waals surface area contributed by atoms with Crippen LogP contribution in [0.5, 0.6) is 0 Å². The molecular weight excluding hydrogens is 338 g/mol. The summed E-state index contributed by atoms with van der Waals surface area (Å²) in [5, 5.41) is 12.5. The van der Waals surface area contributed by atoms with Crippen molar-refractivity contribution in [3.63, 3.8) is 0 Å². The van der Waals surface area contributed by atoms with Crippen molar-refractivity contribution in [1.82, 2.24) is 20.4 Å². The second-order valence-electron chi connectivity index (χ2n) is 6.32. The maximum absolute atomic E-state index is 12.4. The van der Waals surface area contributed by atoms with Gasteiger partial charge in [-0.15, -0.1) is 5.10 Å². The Hall–Kier alpha value is -3.80. The number of amides is 1. The van der Waals surface area contributed by atoms with Gasteiger partial charge in [0.1, 0.15) is 12.1 Å². The number of nitrogens with zero attached hydrogens (tertiary/aromatic N) is 4. The minimum atomic E-state index is -0.250. The molecule has 0 fully saturated rings. The number of hydrogen-bond acceptors (Lipinski definition) is 4. The minimum Gasteiger partial charge on any atom is -0.271 e. The molecule has 1 amide bonds. The van der Waals surface area contributed by atoms with Crippen LogP contribution in [0.4, 0.5) is 0 Å². The van der Waals surface area contributed by atoms with Gasteiger partial charge in [-0.3, -0.25) is 4.79 Å². The number of fused-ring (bicyclic) bond motifs is 4. The molecule has 0 unspecified atom stereocenters. The van der Waals surface area contributed by atoms with Gasteiger partial charge >= 0.3 is 0 Å². The molecule has 4 aromatic rings. The minimum absolute atomic E-state index is 0.0561. The van der Waals surface area contributed by atoms with Crippen LogP contribution in [-0.2, 0) is 11.3 Å². The van der Waals surface area contributed by atoms with Crippen molar-refractivity contribution in [2.45, 2.75) is 6.54 Å². The summed E-state index contributed by atoms with van der Waals surface area (Å²) in [5.41, 5.74) is 9.32. The summed E-state index contributed by atoms with van der Waals surface area (Å²) in [4.78, 5) is 12.4. The Morgan fingerprint density at radius 2 is 1.44 bits per heavy atom. The molecular formula is C21H15N5O. The standard InChI is InChI=1S/C21H15N5O/c27-20(13-26-19-12-6-5-11-18(19)22-25-26)23-24-21-16-9-3-1-7-14(16)15-8-2-4-10-17(15)21/h1-12H,13H2,(H,23,27). The third kappa shape index (κ3) is 2.58. The SMILES string of the molecule is O=C(Cn1nnc2ccccc21)NN=C1c2ccccc2-c2ccccc21. The third-order valence-corrected chi connectivity index (χ3v) is 4.66. The first-order valence-corrected chi connectivity index (χ1v) is 8.65. The molecule has 3 aromatic carbocycles. The molecule has 1 aromatic heterocycles.